The maximum atomic E-state index is 13.4. The summed E-state index contributed by atoms with van der Waals surface area (Å²) in [4.78, 5) is 37.7. The van der Waals surface area contributed by atoms with Gasteiger partial charge in [0.25, 0.3) is 5.91 Å². The van der Waals surface area contributed by atoms with Gasteiger partial charge in [-0.3, -0.25) is 14.5 Å². The summed E-state index contributed by atoms with van der Waals surface area (Å²) in [7, 11) is 0. The fourth-order valence-corrected chi connectivity index (χ4v) is 5.48. The molecule has 35 heavy (non-hydrogen) atoms. The van der Waals surface area contributed by atoms with Gasteiger partial charge in [-0.15, -0.1) is 0 Å². The topological polar surface area (TPSA) is 74.1 Å². The van der Waals surface area contributed by atoms with Gasteiger partial charge in [0.2, 0.25) is 5.91 Å². The molecule has 2 atom stereocenters. The molecule has 3 aromatic carbocycles. The second-order valence-electron chi connectivity index (χ2n) is 8.64. The van der Waals surface area contributed by atoms with Crippen molar-refractivity contribution in [3.63, 3.8) is 0 Å². The Morgan fingerprint density at radius 2 is 1.66 bits per heavy atom. The Hall–Kier alpha value is -3.71. The van der Waals surface area contributed by atoms with E-state index in [0.717, 1.165) is 33.6 Å². The predicted octanol–water partition coefficient (Wildman–Crippen LogP) is 5.79. The lowest BCUT2D eigenvalue weighted by molar-refractivity contribution is -0.119. The molecule has 0 spiro atoms. The second-order valence-corrected chi connectivity index (χ2v) is 9.81. The number of benzene rings is 3. The molecule has 176 valence electrons. The molecule has 2 amide bonds. The summed E-state index contributed by atoms with van der Waals surface area (Å²) in [5.41, 5.74) is 5.29. The number of anilines is 1. The summed E-state index contributed by atoms with van der Waals surface area (Å²) in [6.07, 6.45) is 0.604. The van der Waals surface area contributed by atoms with Crippen LogP contribution in [-0.2, 0) is 9.59 Å². The summed E-state index contributed by atoms with van der Waals surface area (Å²) >= 11 is 1.38. The van der Waals surface area contributed by atoms with Crippen molar-refractivity contribution in [1.29, 1.82) is 0 Å². The largest absolute Gasteiger partial charge is 0.325 e. The van der Waals surface area contributed by atoms with E-state index in [0.29, 0.717) is 17.4 Å². The monoisotopic (exact) mass is 482 g/mol. The number of amidine groups is 2. The lowest BCUT2D eigenvalue weighted by Crippen LogP contribution is -2.40. The minimum absolute atomic E-state index is 0.0864. The third-order valence-corrected chi connectivity index (χ3v) is 7.59. The van der Waals surface area contributed by atoms with Crippen LogP contribution in [0.25, 0.3) is 0 Å². The molecule has 0 aliphatic carbocycles. The van der Waals surface area contributed by atoms with Crippen molar-refractivity contribution in [1.82, 2.24) is 4.90 Å². The number of aliphatic imine (C=N–C) groups is 2. The van der Waals surface area contributed by atoms with Crippen LogP contribution in [0.3, 0.4) is 0 Å². The Balaban J connectivity index is 1.50. The van der Waals surface area contributed by atoms with Crippen LogP contribution in [0.2, 0.25) is 0 Å². The van der Waals surface area contributed by atoms with Gasteiger partial charge in [-0.2, -0.15) is 4.99 Å². The zero-order chi connectivity index (χ0) is 24.5. The number of thioether (sulfide) groups is 1. The number of rotatable bonds is 5. The smallest absolute Gasteiger partial charge is 0.275 e. The Morgan fingerprint density at radius 1 is 0.971 bits per heavy atom. The Kier molecular flexibility index (Phi) is 6.26. The summed E-state index contributed by atoms with van der Waals surface area (Å²) in [5, 5.41) is 3.32. The van der Waals surface area contributed by atoms with E-state index in [1.54, 1.807) is 0 Å². The molecule has 6 nitrogen and oxygen atoms in total. The Labute approximate surface area is 209 Å². The van der Waals surface area contributed by atoms with E-state index in [1.165, 1.54) is 11.8 Å². The van der Waals surface area contributed by atoms with Crippen molar-refractivity contribution in [2.24, 2.45) is 9.98 Å². The average molecular weight is 483 g/mol. The highest BCUT2D eigenvalue weighted by Gasteiger charge is 2.43. The van der Waals surface area contributed by atoms with Crippen molar-refractivity contribution < 1.29 is 9.59 Å². The molecule has 0 saturated heterocycles. The molecule has 0 radical (unpaired) electrons. The van der Waals surface area contributed by atoms with E-state index in [1.807, 2.05) is 98.5 Å². The standard InChI is InChI=1S/C28H26N4O2S/c1-4-22(26(33)30-23-17(2)11-10-12-18(23)3)35-28-29-21-16-9-8-15-20(21)25-31-27(34)24(32(25)28)19-13-6-5-7-14-19/h5-16,22,24H,4H2,1-3H3,(H,30,33). The van der Waals surface area contributed by atoms with Gasteiger partial charge in [-0.1, -0.05) is 79.3 Å². The molecule has 2 aliphatic rings. The fourth-order valence-electron chi connectivity index (χ4n) is 4.44. The molecule has 5 rings (SSSR count). The van der Waals surface area contributed by atoms with Crippen LogP contribution in [0.15, 0.2) is 82.8 Å². The van der Waals surface area contributed by atoms with Gasteiger partial charge in [-0.05, 0) is 49.1 Å². The molecule has 2 heterocycles. The fraction of sp³-hybridized carbons (Fsp3) is 0.214. The molecule has 1 N–H and O–H groups in total. The zero-order valence-electron chi connectivity index (χ0n) is 19.9. The first kappa shape index (κ1) is 23.1. The first-order chi connectivity index (χ1) is 17.0. The van der Waals surface area contributed by atoms with E-state index in [4.69, 9.17) is 4.99 Å². The van der Waals surface area contributed by atoms with Crippen molar-refractivity contribution in [3.8, 4) is 0 Å². The molecule has 2 unspecified atom stereocenters. The number of carbonyl (C=O) groups is 2. The minimum atomic E-state index is -0.606. The van der Waals surface area contributed by atoms with E-state index in [2.05, 4.69) is 10.3 Å². The van der Waals surface area contributed by atoms with E-state index in [-0.39, 0.29) is 11.8 Å². The first-order valence-electron chi connectivity index (χ1n) is 11.7. The van der Waals surface area contributed by atoms with Crippen LogP contribution in [0.1, 0.15) is 41.6 Å². The van der Waals surface area contributed by atoms with Crippen LogP contribution in [0.5, 0.6) is 0 Å². The number of hydrogen-bond acceptors (Lipinski definition) is 5. The van der Waals surface area contributed by atoms with Gasteiger partial charge in [0.15, 0.2) is 5.17 Å². The van der Waals surface area contributed by atoms with Crippen LogP contribution in [0.4, 0.5) is 11.4 Å². The normalized spacial score (nSPS) is 17.3. The number of aryl methyl sites for hydroxylation is 2. The van der Waals surface area contributed by atoms with Crippen molar-refractivity contribution in [2.45, 2.75) is 38.5 Å². The number of amides is 2. The summed E-state index contributed by atoms with van der Waals surface area (Å²) in [6.45, 7) is 5.96. The quantitative estimate of drug-likeness (QED) is 0.500. The van der Waals surface area contributed by atoms with Gasteiger partial charge in [0.05, 0.1) is 10.9 Å². The van der Waals surface area contributed by atoms with E-state index >= 15 is 0 Å². The maximum absolute atomic E-state index is 13.4. The van der Waals surface area contributed by atoms with Crippen molar-refractivity contribution in [3.05, 3.63) is 95.1 Å². The van der Waals surface area contributed by atoms with Gasteiger partial charge in [0.1, 0.15) is 11.9 Å². The number of carbonyl (C=O) groups excluding carboxylic acids is 2. The van der Waals surface area contributed by atoms with Crippen LogP contribution >= 0.6 is 11.8 Å². The Morgan fingerprint density at radius 3 is 2.37 bits per heavy atom. The minimum Gasteiger partial charge on any atom is -0.325 e. The second kappa shape index (κ2) is 9.50. The molecule has 0 saturated carbocycles. The molecule has 0 aromatic heterocycles. The van der Waals surface area contributed by atoms with Crippen LogP contribution in [0, 0.1) is 13.8 Å². The summed E-state index contributed by atoms with van der Waals surface area (Å²) < 4.78 is 0. The third kappa shape index (κ3) is 4.28. The number of fused-ring (bicyclic) bond motifs is 3. The zero-order valence-corrected chi connectivity index (χ0v) is 20.7. The predicted molar refractivity (Wildman–Crippen MR) is 142 cm³/mol. The van der Waals surface area contributed by atoms with Crippen LogP contribution in [-0.4, -0.2) is 33.0 Å². The lowest BCUT2D eigenvalue weighted by Gasteiger charge is -2.32. The molecular formula is C28H26N4O2S. The first-order valence-corrected chi connectivity index (χ1v) is 12.5. The highest BCUT2D eigenvalue weighted by Crippen LogP contribution is 2.40. The van der Waals surface area contributed by atoms with Gasteiger partial charge >= 0.3 is 0 Å². The van der Waals surface area contributed by atoms with E-state index < -0.39 is 11.3 Å². The number of nitrogens with one attached hydrogen (secondary N) is 1. The highest BCUT2D eigenvalue weighted by molar-refractivity contribution is 8.15. The lowest BCUT2D eigenvalue weighted by atomic mass is 10.0. The molecule has 2 aliphatic heterocycles. The van der Waals surface area contributed by atoms with E-state index in [9.17, 15) is 9.59 Å². The molecule has 0 bridgehead atoms. The number of para-hydroxylation sites is 2. The maximum Gasteiger partial charge on any atom is 0.275 e. The van der Waals surface area contributed by atoms with Gasteiger partial charge in [0, 0.05) is 11.3 Å². The highest BCUT2D eigenvalue weighted by atomic mass is 32.2. The van der Waals surface area contributed by atoms with Crippen molar-refractivity contribution in [2.75, 3.05) is 5.32 Å². The third-order valence-electron chi connectivity index (χ3n) is 6.26. The summed E-state index contributed by atoms with van der Waals surface area (Å²) in [5.74, 6) is 0.267. The molecule has 0 fully saturated rings. The van der Waals surface area contributed by atoms with Gasteiger partial charge in [-0.25, -0.2) is 4.99 Å². The van der Waals surface area contributed by atoms with Crippen LogP contribution < -0.4 is 5.32 Å². The average Bonchev–Trinajstić information content (AvgIpc) is 3.22. The van der Waals surface area contributed by atoms with Crippen molar-refractivity contribution >= 4 is 46.0 Å². The van der Waals surface area contributed by atoms with Gasteiger partial charge < -0.3 is 5.32 Å². The number of hydrogen-bond donors (Lipinski definition) is 1. The molecule has 7 heteroatoms. The summed E-state index contributed by atoms with van der Waals surface area (Å²) in [6, 6.07) is 22.6. The molecule has 3 aromatic rings. The SMILES string of the molecule is CCC(SC1=Nc2ccccc2C2=NC(=O)C(c3ccccc3)N12)C(=O)Nc1c(C)cccc1C. The Bertz CT molecular complexity index is 1350. The molecular weight excluding hydrogens is 456 g/mol. The number of nitrogens with zero attached hydrogens (tertiary/aromatic N) is 3.